The first-order chi connectivity index (χ1) is 13.5. The predicted molar refractivity (Wildman–Crippen MR) is 107 cm³/mol. The van der Waals surface area contributed by atoms with Crippen LogP contribution in [0.5, 0.6) is 5.75 Å². The third-order valence-corrected chi connectivity index (χ3v) is 5.66. The molecule has 0 aliphatic rings. The molecule has 2 aromatic carbocycles. The van der Waals surface area contributed by atoms with Crippen LogP contribution in [0, 0.1) is 0 Å². The van der Waals surface area contributed by atoms with Crippen molar-refractivity contribution in [2.75, 3.05) is 12.4 Å². The average Bonchev–Trinajstić information content (AvgIpc) is 3.07. The van der Waals surface area contributed by atoms with Gasteiger partial charge in [0.25, 0.3) is 0 Å². The van der Waals surface area contributed by atoms with E-state index in [1.165, 1.54) is 11.8 Å². The number of hydrogen-bond donors (Lipinski definition) is 2. The van der Waals surface area contributed by atoms with Crippen LogP contribution < -0.4 is 20.4 Å². The Morgan fingerprint density at radius 3 is 2.71 bits per heavy atom. The van der Waals surface area contributed by atoms with Gasteiger partial charge in [-0.1, -0.05) is 36.7 Å². The number of ether oxygens (including phenoxy) is 1. The molecule has 0 spiro atoms. The van der Waals surface area contributed by atoms with Gasteiger partial charge in [0.1, 0.15) is 5.75 Å². The topological polar surface area (TPSA) is 88.2 Å². The van der Waals surface area contributed by atoms with E-state index in [0.717, 1.165) is 17.4 Å². The van der Waals surface area contributed by atoms with Gasteiger partial charge in [0, 0.05) is 17.8 Å². The van der Waals surface area contributed by atoms with Crippen molar-refractivity contribution in [1.82, 2.24) is 5.27 Å². The highest BCUT2D eigenvalue weighted by Crippen LogP contribution is 2.28. The van der Waals surface area contributed by atoms with E-state index in [1.807, 2.05) is 37.3 Å². The maximum absolute atomic E-state index is 12.7. The van der Waals surface area contributed by atoms with Gasteiger partial charge in [0.15, 0.2) is 0 Å². The molecule has 1 aromatic heterocycles. The van der Waals surface area contributed by atoms with Gasteiger partial charge >= 0.3 is 10.7 Å². The fraction of sp³-hybridized carbons (Fsp3) is 0.211. The Hall–Kier alpha value is -2.71. The molecule has 28 heavy (non-hydrogen) atoms. The number of thioether (sulfide) groups is 1. The smallest absolute Gasteiger partial charge is 0.442 e. The zero-order valence-electron chi connectivity index (χ0n) is 15.3. The Morgan fingerprint density at radius 2 is 2.07 bits per heavy atom. The van der Waals surface area contributed by atoms with Crippen LogP contribution in [0.2, 0.25) is 5.02 Å². The number of nitrogens with zero attached hydrogens (tertiary/aromatic N) is 1. The van der Waals surface area contributed by atoms with E-state index < -0.39 is 10.9 Å². The van der Waals surface area contributed by atoms with Crippen molar-refractivity contribution in [2.45, 2.75) is 23.6 Å². The van der Waals surface area contributed by atoms with Gasteiger partial charge in [-0.15, -0.1) is 0 Å². The van der Waals surface area contributed by atoms with Gasteiger partial charge in [-0.05, 0) is 46.3 Å². The Morgan fingerprint density at radius 1 is 1.32 bits per heavy atom. The molecule has 7 nitrogen and oxygen atoms in total. The van der Waals surface area contributed by atoms with E-state index in [-0.39, 0.29) is 5.91 Å². The molecule has 146 valence electrons. The summed E-state index contributed by atoms with van der Waals surface area (Å²) >= 11 is 7.25. The number of aromatic nitrogens is 2. The highest BCUT2D eigenvalue weighted by Gasteiger charge is 2.30. The number of benzene rings is 2. The molecule has 1 unspecified atom stereocenters. The van der Waals surface area contributed by atoms with Gasteiger partial charge < -0.3 is 10.1 Å². The molecule has 3 rings (SSSR count). The summed E-state index contributed by atoms with van der Waals surface area (Å²) in [5.74, 6) is 0.281. The molecule has 0 saturated carbocycles. The number of methoxy groups -OCH3 is 1. The molecule has 0 saturated heterocycles. The molecule has 9 heteroatoms. The molecule has 3 aromatic rings. The predicted octanol–water partition coefficient (Wildman–Crippen LogP) is 3.42. The van der Waals surface area contributed by atoms with Crippen LogP contribution in [0.25, 0.3) is 5.69 Å². The number of carbonyl (C=O) groups is 1. The Balaban J connectivity index is 1.79. The largest absolute Gasteiger partial charge is 0.495 e. The molecule has 0 aliphatic carbocycles. The quantitative estimate of drug-likeness (QED) is 0.451. The van der Waals surface area contributed by atoms with Crippen LogP contribution in [-0.4, -0.2) is 23.5 Å². The summed E-state index contributed by atoms with van der Waals surface area (Å²) in [6.07, 6.45) is 0.514. The zero-order valence-corrected chi connectivity index (χ0v) is 16.8. The minimum Gasteiger partial charge on any atom is -0.495 e. The summed E-state index contributed by atoms with van der Waals surface area (Å²) in [4.78, 5) is 24.9. The van der Waals surface area contributed by atoms with Crippen molar-refractivity contribution in [3.05, 3.63) is 64.0 Å². The van der Waals surface area contributed by atoms with Crippen LogP contribution in [0.15, 0.2) is 62.9 Å². The van der Waals surface area contributed by atoms with E-state index in [4.69, 9.17) is 20.9 Å². The van der Waals surface area contributed by atoms with E-state index in [2.05, 4.69) is 10.6 Å². The number of hydrogen-bond acceptors (Lipinski definition) is 5. The minimum atomic E-state index is -0.535. The second-order valence-corrected chi connectivity index (χ2v) is 7.41. The summed E-state index contributed by atoms with van der Waals surface area (Å²) in [5, 5.41) is 5.58. The molecule has 0 fully saturated rings. The van der Waals surface area contributed by atoms with Gasteiger partial charge in [-0.25, -0.2) is 4.79 Å². The second kappa shape index (κ2) is 8.99. The van der Waals surface area contributed by atoms with Gasteiger partial charge in [0.2, 0.25) is 11.6 Å². The first kappa shape index (κ1) is 20.0. The maximum Gasteiger partial charge on any atom is 0.442 e. The van der Waals surface area contributed by atoms with Crippen LogP contribution in [-0.2, 0) is 4.79 Å². The molecular weight excluding hydrogens is 402 g/mol. The van der Waals surface area contributed by atoms with E-state index in [0.29, 0.717) is 27.9 Å². The maximum atomic E-state index is 12.7. The van der Waals surface area contributed by atoms with E-state index >= 15 is 0 Å². The van der Waals surface area contributed by atoms with E-state index in [9.17, 15) is 9.59 Å². The molecule has 0 aliphatic heterocycles. The average molecular weight is 421 g/mol. The lowest BCUT2D eigenvalue weighted by Gasteiger charge is -2.13. The van der Waals surface area contributed by atoms with Crippen molar-refractivity contribution in [3.63, 3.8) is 0 Å². The minimum absolute atomic E-state index is 0.242. The molecule has 2 N–H and O–H groups in total. The number of nitrogens with one attached hydrogen (secondary N) is 2. The molecule has 1 heterocycles. The SMILES string of the molecule is CCC(Sc1c(=O)o[nH][n+]1-c1ccccc1)C(=O)Nc1ccc(OC)c(Cl)c1. The highest BCUT2D eigenvalue weighted by atomic mass is 35.5. The number of halogens is 1. The summed E-state index contributed by atoms with van der Waals surface area (Å²) in [7, 11) is 1.52. The Kier molecular flexibility index (Phi) is 6.43. The normalized spacial score (nSPS) is 11.8. The number of carbonyl (C=O) groups excluding carboxylic acids is 1. The standard InChI is InChI=1S/C19H18ClN3O4S/c1-3-16(17(24)21-12-9-10-15(26-2)14(20)11-12)28-18-19(25)27-22-23(18)13-7-5-4-6-8-13/h4-11,16H,3H2,1-2H3,(H-,21,22,24,25)/p+1. The lowest BCUT2D eigenvalue weighted by atomic mass is 10.2. The number of anilines is 1. The van der Waals surface area contributed by atoms with Crippen LogP contribution in [0.4, 0.5) is 5.69 Å². The molecule has 1 amide bonds. The summed E-state index contributed by atoms with van der Waals surface area (Å²) in [5.41, 5.74) is 0.743. The van der Waals surface area contributed by atoms with E-state index in [1.54, 1.807) is 18.2 Å². The van der Waals surface area contributed by atoms with Crippen molar-refractivity contribution >= 4 is 35.0 Å². The third kappa shape index (κ3) is 4.40. The highest BCUT2D eigenvalue weighted by molar-refractivity contribution is 8.00. The number of amides is 1. The molecular formula is C19H19ClN3O4S+. The van der Waals surface area contributed by atoms with Crippen LogP contribution in [0.1, 0.15) is 13.3 Å². The third-order valence-electron chi connectivity index (χ3n) is 3.96. The summed E-state index contributed by atoms with van der Waals surface area (Å²) in [6, 6.07) is 14.2. The fourth-order valence-electron chi connectivity index (χ4n) is 2.54. The lowest BCUT2D eigenvalue weighted by molar-refractivity contribution is -0.704. The number of aromatic amines is 1. The number of H-pyrrole nitrogens is 1. The van der Waals surface area contributed by atoms with Crippen LogP contribution in [0.3, 0.4) is 0 Å². The number of para-hydroxylation sites is 1. The molecule has 1 atom stereocenters. The monoisotopic (exact) mass is 420 g/mol. The molecule has 0 radical (unpaired) electrons. The molecule has 0 bridgehead atoms. The van der Waals surface area contributed by atoms with Crippen molar-refractivity contribution in [2.24, 2.45) is 0 Å². The van der Waals surface area contributed by atoms with Crippen molar-refractivity contribution in [1.29, 1.82) is 0 Å². The Labute approximate surface area is 170 Å². The Bertz CT molecular complexity index is 1020. The van der Waals surface area contributed by atoms with Crippen LogP contribution >= 0.6 is 23.4 Å². The first-order valence-electron chi connectivity index (χ1n) is 8.53. The van der Waals surface area contributed by atoms with Gasteiger partial charge in [-0.3, -0.25) is 9.32 Å². The lowest BCUT2D eigenvalue weighted by Crippen LogP contribution is -2.37. The van der Waals surface area contributed by atoms with Gasteiger partial charge in [-0.2, -0.15) is 0 Å². The van der Waals surface area contributed by atoms with Crippen molar-refractivity contribution < 1.29 is 18.7 Å². The zero-order chi connectivity index (χ0) is 20.1. The van der Waals surface area contributed by atoms with Crippen molar-refractivity contribution in [3.8, 4) is 11.4 Å². The number of rotatable bonds is 7. The second-order valence-electron chi connectivity index (χ2n) is 5.81. The first-order valence-corrected chi connectivity index (χ1v) is 9.79. The summed E-state index contributed by atoms with van der Waals surface area (Å²) in [6.45, 7) is 1.87. The van der Waals surface area contributed by atoms with Gasteiger partial charge in [0.05, 0.1) is 17.4 Å². The fourth-order valence-corrected chi connectivity index (χ4v) is 3.78. The summed E-state index contributed by atoms with van der Waals surface area (Å²) < 4.78 is 11.6.